The summed E-state index contributed by atoms with van der Waals surface area (Å²) in [7, 11) is 0. The van der Waals surface area contributed by atoms with Gasteiger partial charge >= 0.3 is 0 Å². The number of hydrogen-bond donors (Lipinski definition) is 1. The molecule has 2 aliphatic heterocycles. The lowest BCUT2D eigenvalue weighted by molar-refractivity contribution is 0.227. The summed E-state index contributed by atoms with van der Waals surface area (Å²) >= 11 is 0. The minimum Gasteiger partial charge on any atom is -0.479 e. The highest BCUT2D eigenvalue weighted by atomic mass is 16.5. The Hall–Kier alpha value is -1.10. The Morgan fingerprint density at radius 3 is 1.81 bits per heavy atom. The van der Waals surface area contributed by atoms with Gasteiger partial charge in [-0.15, -0.1) is 0 Å². The number of rotatable bonds is 2. The van der Waals surface area contributed by atoms with Crippen LogP contribution in [0.3, 0.4) is 0 Å². The lowest BCUT2D eigenvalue weighted by Gasteiger charge is -1.95. The molecule has 5 heteroatoms. The van der Waals surface area contributed by atoms with Crippen LogP contribution in [0.2, 0.25) is 0 Å². The van der Waals surface area contributed by atoms with Gasteiger partial charge in [-0.2, -0.15) is 0 Å². The number of nitrogens with zero attached hydrogens (tertiary/aromatic N) is 2. The third-order valence-electron chi connectivity index (χ3n) is 2.38. The van der Waals surface area contributed by atoms with Crippen molar-refractivity contribution < 1.29 is 14.6 Å². The van der Waals surface area contributed by atoms with Crippen molar-refractivity contribution >= 4 is 11.8 Å². The van der Waals surface area contributed by atoms with Crippen LogP contribution in [0.4, 0.5) is 0 Å². The van der Waals surface area contributed by atoms with Crippen molar-refractivity contribution in [1.82, 2.24) is 0 Å². The van der Waals surface area contributed by atoms with Crippen molar-refractivity contribution in [2.24, 2.45) is 9.98 Å². The van der Waals surface area contributed by atoms with Crippen molar-refractivity contribution in [3.8, 4) is 0 Å². The molecular formula is C11H20N2O3. The molecule has 0 amide bonds. The van der Waals surface area contributed by atoms with Gasteiger partial charge in [-0.3, -0.25) is 0 Å². The van der Waals surface area contributed by atoms with E-state index in [9.17, 15) is 0 Å². The Morgan fingerprint density at radius 2 is 1.62 bits per heavy atom. The van der Waals surface area contributed by atoms with E-state index in [0.29, 0.717) is 18.5 Å². The third kappa shape index (κ3) is 4.18. The second-order valence-electron chi connectivity index (χ2n) is 3.82. The monoisotopic (exact) mass is 228 g/mol. The zero-order valence-electron chi connectivity index (χ0n) is 10.1. The van der Waals surface area contributed by atoms with E-state index in [1.54, 1.807) is 6.92 Å². The van der Waals surface area contributed by atoms with Crippen LogP contribution in [0, 0.1) is 0 Å². The van der Waals surface area contributed by atoms with Crippen LogP contribution in [0.1, 0.15) is 27.2 Å². The quantitative estimate of drug-likeness (QED) is 0.767. The average molecular weight is 228 g/mol. The van der Waals surface area contributed by atoms with Gasteiger partial charge < -0.3 is 14.6 Å². The largest absolute Gasteiger partial charge is 0.479 e. The van der Waals surface area contributed by atoms with Crippen LogP contribution < -0.4 is 0 Å². The fourth-order valence-corrected chi connectivity index (χ4v) is 1.40. The smallest absolute Gasteiger partial charge is 0.180 e. The fraction of sp³-hybridized carbons (Fsp3) is 0.818. The SMILES string of the molecule is CC1=NC(CO)CO1.CCC1COC(C)=N1. The molecule has 0 fully saturated rings. The molecule has 0 saturated carbocycles. The van der Waals surface area contributed by atoms with Gasteiger partial charge in [-0.1, -0.05) is 6.92 Å². The van der Waals surface area contributed by atoms with Gasteiger partial charge in [-0.25, -0.2) is 9.98 Å². The molecule has 2 rings (SSSR count). The molecule has 2 heterocycles. The van der Waals surface area contributed by atoms with E-state index in [1.165, 1.54) is 0 Å². The van der Waals surface area contributed by atoms with Crippen LogP contribution in [-0.4, -0.2) is 48.8 Å². The minimum atomic E-state index is -0.00463. The topological polar surface area (TPSA) is 63.4 Å². The fourth-order valence-electron chi connectivity index (χ4n) is 1.40. The number of ether oxygens (including phenoxy) is 2. The van der Waals surface area contributed by atoms with E-state index in [0.717, 1.165) is 18.9 Å². The second kappa shape index (κ2) is 6.48. The molecule has 1 N–H and O–H groups in total. The summed E-state index contributed by atoms with van der Waals surface area (Å²) in [6, 6.07) is 0.435. The molecule has 0 aromatic carbocycles. The maximum Gasteiger partial charge on any atom is 0.180 e. The van der Waals surface area contributed by atoms with Crippen LogP contribution in [0.25, 0.3) is 0 Å². The van der Waals surface area contributed by atoms with E-state index in [1.807, 2.05) is 6.92 Å². The highest BCUT2D eigenvalue weighted by Crippen LogP contribution is 2.06. The predicted octanol–water partition coefficient (Wildman–Crippen LogP) is 1.01. The predicted molar refractivity (Wildman–Crippen MR) is 63.1 cm³/mol. The molecule has 0 spiro atoms. The number of aliphatic hydroxyl groups is 1. The summed E-state index contributed by atoms with van der Waals surface area (Å²) in [5.74, 6) is 1.53. The molecular weight excluding hydrogens is 208 g/mol. The Kier molecular flexibility index (Phi) is 5.25. The molecule has 5 nitrogen and oxygen atoms in total. The van der Waals surface area contributed by atoms with Gasteiger partial charge in [0.25, 0.3) is 0 Å². The van der Waals surface area contributed by atoms with E-state index in [4.69, 9.17) is 14.6 Å². The number of hydrogen-bond acceptors (Lipinski definition) is 5. The molecule has 0 aromatic rings. The van der Waals surface area contributed by atoms with E-state index in [2.05, 4.69) is 16.9 Å². The van der Waals surface area contributed by atoms with Gasteiger partial charge in [0.2, 0.25) is 0 Å². The van der Waals surface area contributed by atoms with Crippen molar-refractivity contribution in [3.63, 3.8) is 0 Å². The Morgan fingerprint density at radius 1 is 1.12 bits per heavy atom. The van der Waals surface area contributed by atoms with Crippen molar-refractivity contribution in [3.05, 3.63) is 0 Å². The van der Waals surface area contributed by atoms with Gasteiger partial charge in [0.05, 0.1) is 12.6 Å². The van der Waals surface area contributed by atoms with Crippen LogP contribution >= 0.6 is 0 Å². The maximum absolute atomic E-state index is 8.50. The first-order valence-electron chi connectivity index (χ1n) is 5.61. The molecule has 0 saturated heterocycles. The first-order valence-corrected chi connectivity index (χ1v) is 5.61. The molecule has 2 unspecified atom stereocenters. The minimum absolute atomic E-state index is 0.00463. The van der Waals surface area contributed by atoms with E-state index in [-0.39, 0.29) is 12.6 Å². The summed E-state index contributed by atoms with van der Waals surface area (Å²) in [6.45, 7) is 7.24. The van der Waals surface area contributed by atoms with E-state index >= 15 is 0 Å². The molecule has 92 valence electrons. The Labute approximate surface area is 96.2 Å². The van der Waals surface area contributed by atoms with E-state index < -0.39 is 0 Å². The maximum atomic E-state index is 8.50. The zero-order chi connectivity index (χ0) is 12.0. The van der Waals surface area contributed by atoms with Crippen LogP contribution in [-0.2, 0) is 9.47 Å². The van der Waals surface area contributed by atoms with Crippen molar-refractivity contribution in [2.45, 2.75) is 39.3 Å². The molecule has 0 aliphatic carbocycles. The van der Waals surface area contributed by atoms with Crippen molar-refractivity contribution in [1.29, 1.82) is 0 Å². The average Bonchev–Trinajstić information content (AvgIpc) is 2.88. The first kappa shape index (κ1) is 13.0. The molecule has 2 aliphatic rings. The van der Waals surface area contributed by atoms with Crippen molar-refractivity contribution in [2.75, 3.05) is 19.8 Å². The summed E-state index contributed by atoms with van der Waals surface area (Å²) in [5.41, 5.74) is 0. The van der Waals surface area contributed by atoms with Gasteiger partial charge in [0, 0.05) is 13.8 Å². The standard InChI is InChI=1S/C6H11NO.C5H9NO2/c1-3-6-4-8-5(2)7-6;1-4-6-5(2-7)3-8-4/h6H,3-4H2,1-2H3;5,7H,2-3H2,1H3. The van der Waals surface area contributed by atoms with Crippen LogP contribution in [0.15, 0.2) is 9.98 Å². The zero-order valence-corrected chi connectivity index (χ0v) is 10.1. The number of aliphatic hydroxyl groups excluding tert-OH is 1. The summed E-state index contributed by atoms with van der Waals surface area (Å²) in [6.07, 6.45) is 1.09. The highest BCUT2D eigenvalue weighted by Gasteiger charge is 2.13. The lowest BCUT2D eigenvalue weighted by atomic mass is 10.3. The van der Waals surface area contributed by atoms with Gasteiger partial charge in [-0.05, 0) is 6.42 Å². The lowest BCUT2D eigenvalue weighted by Crippen LogP contribution is -2.10. The molecule has 16 heavy (non-hydrogen) atoms. The summed E-state index contributed by atoms with van der Waals surface area (Å²) in [4.78, 5) is 8.15. The molecule has 0 aromatic heterocycles. The van der Waals surface area contributed by atoms with Gasteiger partial charge in [0.15, 0.2) is 11.8 Å². The number of aliphatic imine (C=N–C) groups is 2. The summed E-state index contributed by atoms with van der Waals surface area (Å²) in [5, 5.41) is 8.50. The molecule has 0 bridgehead atoms. The summed E-state index contributed by atoms with van der Waals surface area (Å²) < 4.78 is 10.1. The highest BCUT2D eigenvalue weighted by molar-refractivity contribution is 5.75. The van der Waals surface area contributed by atoms with Gasteiger partial charge in [0.1, 0.15) is 19.3 Å². The molecule has 0 radical (unpaired) electrons. The first-order chi connectivity index (χ1) is 7.65. The Balaban J connectivity index is 0.000000160. The molecule has 2 atom stereocenters. The van der Waals surface area contributed by atoms with Crippen LogP contribution in [0.5, 0.6) is 0 Å². The normalized spacial score (nSPS) is 27.2. The Bertz CT molecular complexity index is 248. The second-order valence-corrected chi connectivity index (χ2v) is 3.82. The third-order valence-corrected chi connectivity index (χ3v) is 2.38.